The first-order valence-corrected chi connectivity index (χ1v) is 11.1. The van der Waals surface area contributed by atoms with E-state index in [1.807, 2.05) is 32.0 Å². The molecular formula is C25H31FN2O4. The molecule has 3 rings (SSSR count). The van der Waals surface area contributed by atoms with Crippen LogP contribution in [0.25, 0.3) is 0 Å². The molecule has 32 heavy (non-hydrogen) atoms. The van der Waals surface area contributed by atoms with Gasteiger partial charge in [0.1, 0.15) is 25.1 Å². The molecule has 2 aromatic carbocycles. The highest BCUT2D eigenvalue weighted by molar-refractivity contribution is 5.87. The number of carbonyl (C=O) groups is 2. The van der Waals surface area contributed by atoms with Crippen LogP contribution in [0.2, 0.25) is 0 Å². The van der Waals surface area contributed by atoms with Crippen molar-refractivity contribution in [1.82, 2.24) is 10.2 Å². The van der Waals surface area contributed by atoms with Crippen molar-refractivity contribution < 1.29 is 23.5 Å². The lowest BCUT2D eigenvalue weighted by atomic mass is 10.1. The fourth-order valence-corrected chi connectivity index (χ4v) is 3.47. The van der Waals surface area contributed by atoms with E-state index in [4.69, 9.17) is 9.47 Å². The minimum absolute atomic E-state index is 0.0189. The quantitative estimate of drug-likeness (QED) is 0.640. The summed E-state index contributed by atoms with van der Waals surface area (Å²) in [5.41, 5.74) is 1.73. The van der Waals surface area contributed by atoms with Crippen LogP contribution in [-0.4, -0.2) is 42.0 Å². The van der Waals surface area contributed by atoms with Crippen LogP contribution < -0.4 is 14.8 Å². The lowest BCUT2D eigenvalue weighted by Gasteiger charge is -2.30. The van der Waals surface area contributed by atoms with E-state index in [1.165, 1.54) is 12.1 Å². The van der Waals surface area contributed by atoms with Gasteiger partial charge in [0.25, 0.3) is 0 Å². The van der Waals surface area contributed by atoms with Gasteiger partial charge in [-0.3, -0.25) is 9.59 Å². The number of hydrogen-bond donors (Lipinski definition) is 1. The normalized spacial score (nSPS) is 14.4. The van der Waals surface area contributed by atoms with Crippen molar-refractivity contribution in [3.8, 4) is 11.5 Å². The van der Waals surface area contributed by atoms with Crippen LogP contribution in [0.3, 0.4) is 0 Å². The van der Waals surface area contributed by atoms with Gasteiger partial charge in [-0.1, -0.05) is 25.1 Å². The van der Waals surface area contributed by atoms with Gasteiger partial charge in [-0.2, -0.15) is 0 Å². The molecule has 1 heterocycles. The standard InChI is InChI=1S/C25H31FN2O4/c1-4-17(2)27-25(30)18(3)28(16-20-5-9-21(26)10-6-20)24(29)12-8-19-7-11-22-23(15-19)32-14-13-31-22/h5-7,9-11,15,17-18H,4,8,12-14,16H2,1-3H3,(H,27,30)/t17-,18-/m0/s1. The van der Waals surface area contributed by atoms with Gasteiger partial charge in [0, 0.05) is 19.0 Å². The van der Waals surface area contributed by atoms with Gasteiger partial charge in [0.15, 0.2) is 11.5 Å². The lowest BCUT2D eigenvalue weighted by molar-refractivity contribution is -0.140. The molecule has 0 spiro atoms. The van der Waals surface area contributed by atoms with Gasteiger partial charge in [0.2, 0.25) is 11.8 Å². The number of amides is 2. The Morgan fingerprint density at radius 2 is 1.69 bits per heavy atom. The van der Waals surface area contributed by atoms with Crippen LogP contribution in [0.5, 0.6) is 11.5 Å². The van der Waals surface area contributed by atoms with Gasteiger partial charge >= 0.3 is 0 Å². The fourth-order valence-electron chi connectivity index (χ4n) is 3.47. The van der Waals surface area contributed by atoms with E-state index in [2.05, 4.69) is 5.32 Å². The number of halogens is 1. The first kappa shape index (κ1) is 23.6. The molecule has 0 bridgehead atoms. The Hall–Kier alpha value is -3.09. The van der Waals surface area contributed by atoms with Crippen molar-refractivity contribution in [1.29, 1.82) is 0 Å². The number of nitrogens with zero attached hydrogens (tertiary/aromatic N) is 1. The van der Waals surface area contributed by atoms with Gasteiger partial charge in [-0.15, -0.1) is 0 Å². The molecule has 7 heteroatoms. The second-order valence-electron chi connectivity index (χ2n) is 8.12. The van der Waals surface area contributed by atoms with Crippen molar-refractivity contribution in [3.63, 3.8) is 0 Å². The second-order valence-corrected chi connectivity index (χ2v) is 8.12. The zero-order chi connectivity index (χ0) is 23.1. The Bertz CT molecular complexity index is 932. The highest BCUT2D eigenvalue weighted by atomic mass is 19.1. The highest BCUT2D eigenvalue weighted by Gasteiger charge is 2.26. The maximum atomic E-state index is 13.3. The summed E-state index contributed by atoms with van der Waals surface area (Å²) < 4.78 is 24.5. The van der Waals surface area contributed by atoms with Crippen LogP contribution in [0.1, 0.15) is 44.7 Å². The number of carbonyl (C=O) groups excluding carboxylic acids is 2. The summed E-state index contributed by atoms with van der Waals surface area (Å²) in [7, 11) is 0. The summed E-state index contributed by atoms with van der Waals surface area (Å²) >= 11 is 0. The number of ether oxygens (including phenoxy) is 2. The molecule has 6 nitrogen and oxygen atoms in total. The van der Waals surface area contributed by atoms with Crippen LogP contribution in [0, 0.1) is 5.82 Å². The third-order valence-corrected chi connectivity index (χ3v) is 5.67. The molecule has 0 saturated carbocycles. The van der Waals surface area contributed by atoms with Crippen LogP contribution in [-0.2, 0) is 22.6 Å². The Balaban J connectivity index is 1.71. The van der Waals surface area contributed by atoms with Crippen LogP contribution in [0.4, 0.5) is 4.39 Å². The smallest absolute Gasteiger partial charge is 0.242 e. The zero-order valence-electron chi connectivity index (χ0n) is 18.9. The summed E-state index contributed by atoms with van der Waals surface area (Å²) in [6.07, 6.45) is 1.55. The number of hydrogen-bond acceptors (Lipinski definition) is 4. The Morgan fingerprint density at radius 3 is 2.38 bits per heavy atom. The Labute approximate surface area is 188 Å². The largest absolute Gasteiger partial charge is 0.486 e. The first-order valence-electron chi connectivity index (χ1n) is 11.1. The van der Waals surface area contributed by atoms with Crippen LogP contribution in [0.15, 0.2) is 42.5 Å². The van der Waals surface area contributed by atoms with E-state index in [0.717, 1.165) is 17.5 Å². The van der Waals surface area contributed by atoms with Gasteiger partial charge in [-0.25, -0.2) is 4.39 Å². The average molecular weight is 443 g/mol. The monoisotopic (exact) mass is 442 g/mol. The average Bonchev–Trinajstić information content (AvgIpc) is 2.81. The fraction of sp³-hybridized carbons (Fsp3) is 0.440. The predicted molar refractivity (Wildman–Crippen MR) is 120 cm³/mol. The van der Waals surface area contributed by atoms with Crippen molar-refractivity contribution in [3.05, 3.63) is 59.4 Å². The maximum absolute atomic E-state index is 13.3. The molecule has 0 saturated heterocycles. The van der Waals surface area contributed by atoms with E-state index in [1.54, 1.807) is 24.0 Å². The van der Waals surface area contributed by atoms with Crippen LogP contribution >= 0.6 is 0 Å². The zero-order valence-corrected chi connectivity index (χ0v) is 18.9. The van der Waals surface area contributed by atoms with E-state index in [9.17, 15) is 14.0 Å². The summed E-state index contributed by atoms with van der Waals surface area (Å²) in [4.78, 5) is 27.5. The summed E-state index contributed by atoms with van der Waals surface area (Å²) in [6.45, 7) is 6.91. The molecule has 0 aliphatic carbocycles. The molecule has 0 unspecified atom stereocenters. The highest BCUT2D eigenvalue weighted by Crippen LogP contribution is 2.31. The predicted octanol–water partition coefficient (Wildman–Crippen LogP) is 3.86. The lowest BCUT2D eigenvalue weighted by Crippen LogP contribution is -2.49. The molecule has 0 radical (unpaired) electrons. The number of aryl methyl sites for hydroxylation is 1. The molecular weight excluding hydrogens is 411 g/mol. The van der Waals surface area contributed by atoms with Crippen molar-refractivity contribution >= 4 is 11.8 Å². The summed E-state index contributed by atoms with van der Waals surface area (Å²) in [5, 5.41) is 2.94. The molecule has 1 N–H and O–H groups in total. The van der Waals surface area contributed by atoms with E-state index in [-0.39, 0.29) is 36.6 Å². The van der Waals surface area contributed by atoms with E-state index in [0.29, 0.717) is 31.1 Å². The molecule has 2 atom stereocenters. The van der Waals surface area contributed by atoms with Crippen molar-refractivity contribution in [2.24, 2.45) is 0 Å². The number of rotatable bonds is 9. The first-order chi connectivity index (χ1) is 15.4. The molecule has 2 aromatic rings. The number of benzene rings is 2. The Morgan fingerprint density at radius 1 is 1.03 bits per heavy atom. The SMILES string of the molecule is CC[C@H](C)NC(=O)[C@H](C)N(Cc1ccc(F)cc1)C(=O)CCc1ccc2c(c1)OCCO2. The Kier molecular flexibility index (Phi) is 8.09. The van der Waals surface area contributed by atoms with Gasteiger partial charge in [0.05, 0.1) is 0 Å². The molecule has 2 amide bonds. The number of nitrogens with one attached hydrogen (secondary N) is 1. The third kappa shape index (κ3) is 6.22. The molecule has 1 aliphatic rings. The second kappa shape index (κ2) is 11.0. The maximum Gasteiger partial charge on any atom is 0.242 e. The topological polar surface area (TPSA) is 67.9 Å². The van der Waals surface area contributed by atoms with E-state index < -0.39 is 6.04 Å². The molecule has 1 aliphatic heterocycles. The molecule has 172 valence electrons. The molecule has 0 fully saturated rings. The van der Waals surface area contributed by atoms with Crippen molar-refractivity contribution in [2.75, 3.05) is 13.2 Å². The van der Waals surface area contributed by atoms with Crippen molar-refractivity contribution in [2.45, 2.75) is 58.7 Å². The van der Waals surface area contributed by atoms with E-state index >= 15 is 0 Å². The third-order valence-electron chi connectivity index (χ3n) is 5.67. The van der Waals surface area contributed by atoms with Gasteiger partial charge < -0.3 is 19.7 Å². The summed E-state index contributed by atoms with van der Waals surface area (Å²) in [5.74, 6) is 0.711. The minimum atomic E-state index is -0.651. The minimum Gasteiger partial charge on any atom is -0.486 e. The molecule has 0 aromatic heterocycles. The van der Waals surface area contributed by atoms with Gasteiger partial charge in [-0.05, 0) is 62.1 Å². The number of fused-ring (bicyclic) bond motifs is 1. The summed E-state index contributed by atoms with van der Waals surface area (Å²) in [6, 6.07) is 11.0.